The maximum atomic E-state index is 13.9. The van der Waals surface area contributed by atoms with Gasteiger partial charge in [0.25, 0.3) is 5.91 Å². The molecule has 0 aliphatic rings. The van der Waals surface area contributed by atoms with E-state index in [-0.39, 0.29) is 35.7 Å². The monoisotopic (exact) mass is 906 g/mol. The topological polar surface area (TPSA) is 219 Å². The zero-order valence-electron chi connectivity index (χ0n) is 36.8. The molecule has 1 aromatic rings. The van der Waals surface area contributed by atoms with E-state index in [1.807, 2.05) is 47.4 Å². The van der Waals surface area contributed by atoms with Crippen LogP contribution in [0.4, 0.5) is 0 Å². The molecule has 4 amide bonds. The normalized spacial score (nSPS) is 14.3. The first-order chi connectivity index (χ1) is 27.1. The first-order valence-electron chi connectivity index (χ1n) is 19.4. The summed E-state index contributed by atoms with van der Waals surface area (Å²) in [6.45, 7) is 23.1. The van der Waals surface area contributed by atoms with Gasteiger partial charge in [0.15, 0.2) is 5.78 Å². The SMILES string of the molecule is CP(C)OCCC(C)(C)SCC(CSC(C)(O)COP(C)C)C(=O)c1ccc(C(=O)NCC(=O)N[C@@H](CCC(=O)O)C(=O)NCC(=O)NC(C)(C)COC(C)(C)C)cc1. The van der Waals surface area contributed by atoms with Crippen LogP contribution >= 0.6 is 39.8 Å². The van der Waals surface area contributed by atoms with Crippen molar-refractivity contribution < 1.29 is 52.8 Å². The van der Waals surface area contributed by atoms with Crippen LogP contribution in [0.25, 0.3) is 0 Å². The second-order valence-electron chi connectivity index (χ2n) is 17.0. The van der Waals surface area contributed by atoms with Gasteiger partial charge in [-0.25, -0.2) is 0 Å². The molecule has 0 aromatic heterocycles. The Labute approximate surface area is 361 Å². The van der Waals surface area contributed by atoms with Gasteiger partial charge in [0, 0.05) is 56.0 Å². The lowest BCUT2D eigenvalue weighted by Gasteiger charge is -2.30. The molecule has 0 spiro atoms. The number of amides is 4. The van der Waals surface area contributed by atoms with Crippen molar-refractivity contribution in [3.63, 3.8) is 0 Å². The summed E-state index contributed by atoms with van der Waals surface area (Å²) in [6.07, 6.45) is 0.115. The summed E-state index contributed by atoms with van der Waals surface area (Å²) in [5.74, 6) is -3.58. The lowest BCUT2D eigenvalue weighted by atomic mass is 9.99. The Kier molecular flexibility index (Phi) is 23.7. The highest BCUT2D eigenvalue weighted by molar-refractivity contribution is 8.01. The van der Waals surface area contributed by atoms with Crippen molar-refractivity contribution in [2.45, 2.75) is 102 Å². The molecule has 0 bridgehead atoms. The molecule has 0 radical (unpaired) electrons. The van der Waals surface area contributed by atoms with Crippen molar-refractivity contribution in [1.82, 2.24) is 21.3 Å². The summed E-state index contributed by atoms with van der Waals surface area (Å²) in [6, 6.07) is 4.76. The summed E-state index contributed by atoms with van der Waals surface area (Å²) < 4.78 is 17.1. The number of nitrogens with one attached hydrogen (secondary N) is 4. The largest absolute Gasteiger partial charge is 0.481 e. The van der Waals surface area contributed by atoms with Crippen LogP contribution in [-0.4, -0.2) is 144 Å². The second kappa shape index (κ2) is 25.5. The van der Waals surface area contributed by atoms with Gasteiger partial charge >= 0.3 is 5.97 Å². The number of hydrogen-bond donors (Lipinski definition) is 6. The molecule has 0 aliphatic heterocycles. The fourth-order valence-corrected chi connectivity index (χ4v) is 8.18. The molecule has 3 atom stereocenters. The third kappa shape index (κ3) is 25.2. The van der Waals surface area contributed by atoms with Crippen LogP contribution in [0.1, 0.15) is 95.4 Å². The lowest BCUT2D eigenvalue weighted by molar-refractivity contribution is -0.138. The molecule has 336 valence electrons. The van der Waals surface area contributed by atoms with Crippen LogP contribution in [0.15, 0.2) is 24.3 Å². The van der Waals surface area contributed by atoms with Gasteiger partial charge < -0.3 is 45.3 Å². The second-order valence-corrected chi connectivity index (χ2v) is 24.0. The molecular formula is C40H68N4O11P2S2. The minimum atomic E-state index is -1.29. The predicted octanol–water partition coefficient (Wildman–Crippen LogP) is 5.08. The van der Waals surface area contributed by atoms with Gasteiger partial charge in [0.05, 0.1) is 44.1 Å². The highest BCUT2D eigenvalue weighted by Crippen LogP contribution is 2.36. The van der Waals surface area contributed by atoms with Crippen LogP contribution in [0, 0.1) is 5.92 Å². The minimum Gasteiger partial charge on any atom is -0.481 e. The van der Waals surface area contributed by atoms with Gasteiger partial charge in [-0.1, -0.05) is 26.0 Å². The van der Waals surface area contributed by atoms with Crippen molar-refractivity contribution in [1.29, 1.82) is 0 Å². The lowest BCUT2D eigenvalue weighted by Crippen LogP contribution is -2.54. The van der Waals surface area contributed by atoms with Crippen LogP contribution in [0.3, 0.4) is 0 Å². The smallest absolute Gasteiger partial charge is 0.303 e. The number of carboxylic acids is 1. The average Bonchev–Trinajstić information content (AvgIpc) is 3.12. The van der Waals surface area contributed by atoms with E-state index in [1.165, 1.54) is 23.9 Å². The number of ketones is 1. The number of Topliss-reactive ketones (excluding diaryl/α,β-unsaturated/α-hetero) is 1. The maximum Gasteiger partial charge on any atom is 0.303 e. The number of carbonyl (C=O) groups excluding carboxylic acids is 5. The summed E-state index contributed by atoms with van der Waals surface area (Å²) in [5, 5.41) is 30.3. The van der Waals surface area contributed by atoms with Gasteiger partial charge in [-0.3, -0.25) is 28.8 Å². The van der Waals surface area contributed by atoms with Gasteiger partial charge in [-0.05, 0) is 93.2 Å². The highest BCUT2D eigenvalue weighted by Gasteiger charge is 2.31. The Morgan fingerprint density at radius 2 is 1.32 bits per heavy atom. The molecular weight excluding hydrogens is 839 g/mol. The standard InChI is InChI=1S/C40H68N4O11P2S2/c1-37(2,3)53-25-38(4,5)44-32(46)22-42-36(51)30(17-18-33(47)48)43-31(45)21-41-35(50)28-15-13-27(14-16-28)34(49)29(24-59-40(8,52)26-55-57(11)12)23-58-39(6,7)19-20-54-56(9)10/h13-16,29-30,52H,17-26H2,1-12H3,(H,41,50)(H,42,51)(H,43,45)(H,44,46)(H,47,48)/t29?,30-,40?/m0/s1. The minimum absolute atomic E-state index is 0.133. The molecule has 1 rings (SSSR count). The number of thioether (sulfide) groups is 2. The third-order valence-corrected chi connectivity index (χ3v) is 12.4. The number of carbonyl (C=O) groups is 6. The Balaban J connectivity index is 2.94. The summed E-state index contributed by atoms with van der Waals surface area (Å²) in [7, 11) is -1.15. The number of carboxylic acid groups (broad SMARTS) is 1. The van der Waals surface area contributed by atoms with Crippen LogP contribution in [0.5, 0.6) is 0 Å². The van der Waals surface area contributed by atoms with E-state index in [9.17, 15) is 39.0 Å². The Morgan fingerprint density at radius 3 is 1.88 bits per heavy atom. The number of aliphatic hydroxyl groups is 1. The first kappa shape index (κ1) is 54.7. The number of hydrogen-bond acceptors (Lipinski definition) is 12. The summed E-state index contributed by atoms with van der Waals surface area (Å²) >= 11 is 2.94. The van der Waals surface area contributed by atoms with Crippen molar-refractivity contribution in [2.75, 3.05) is 71.1 Å². The van der Waals surface area contributed by atoms with E-state index in [0.717, 1.165) is 6.42 Å². The molecule has 1 aromatic carbocycles. The van der Waals surface area contributed by atoms with Crippen LogP contribution in [-0.2, 0) is 33.0 Å². The Bertz CT molecular complexity index is 1540. The predicted molar refractivity (Wildman–Crippen MR) is 240 cm³/mol. The van der Waals surface area contributed by atoms with Crippen molar-refractivity contribution in [3.05, 3.63) is 35.4 Å². The number of ether oxygens (including phenoxy) is 1. The van der Waals surface area contributed by atoms with Crippen molar-refractivity contribution >= 4 is 75.2 Å². The molecule has 0 aliphatic carbocycles. The van der Waals surface area contributed by atoms with E-state index < -0.39 is 93.4 Å². The molecule has 0 fully saturated rings. The molecule has 2 unspecified atom stereocenters. The summed E-state index contributed by atoms with van der Waals surface area (Å²) in [4.78, 5) is 75.3. The molecule has 6 N–H and O–H groups in total. The van der Waals surface area contributed by atoms with E-state index >= 15 is 0 Å². The van der Waals surface area contributed by atoms with Gasteiger partial charge in [-0.2, -0.15) is 11.8 Å². The van der Waals surface area contributed by atoms with E-state index in [1.54, 1.807) is 44.7 Å². The number of rotatable bonds is 28. The van der Waals surface area contributed by atoms with Crippen molar-refractivity contribution in [2.24, 2.45) is 5.92 Å². The van der Waals surface area contributed by atoms with E-state index in [4.69, 9.17) is 13.8 Å². The quantitative estimate of drug-likeness (QED) is 0.0368. The molecule has 15 nitrogen and oxygen atoms in total. The fourth-order valence-electron chi connectivity index (χ4n) is 4.85. The number of aliphatic carboxylic acids is 1. The molecule has 0 saturated heterocycles. The highest BCUT2D eigenvalue weighted by atomic mass is 32.2. The van der Waals surface area contributed by atoms with Gasteiger partial charge in [0.1, 0.15) is 11.0 Å². The van der Waals surface area contributed by atoms with E-state index in [2.05, 4.69) is 35.1 Å². The zero-order valence-corrected chi connectivity index (χ0v) is 40.2. The Hall–Kier alpha value is -2.36. The molecule has 59 heavy (non-hydrogen) atoms. The average molecular weight is 907 g/mol. The molecule has 0 heterocycles. The van der Waals surface area contributed by atoms with Crippen LogP contribution in [0.2, 0.25) is 0 Å². The fraction of sp³-hybridized carbons (Fsp3) is 0.700. The zero-order chi connectivity index (χ0) is 45.2. The van der Waals surface area contributed by atoms with Gasteiger partial charge in [0.2, 0.25) is 17.7 Å². The Morgan fingerprint density at radius 1 is 0.763 bits per heavy atom. The molecule has 19 heteroatoms. The van der Waals surface area contributed by atoms with Crippen LogP contribution < -0.4 is 21.3 Å². The van der Waals surface area contributed by atoms with Crippen molar-refractivity contribution in [3.8, 4) is 0 Å². The summed E-state index contributed by atoms with van der Waals surface area (Å²) in [5.41, 5.74) is -0.595. The third-order valence-electron chi connectivity index (χ3n) is 8.19. The van der Waals surface area contributed by atoms with Gasteiger partial charge in [-0.15, -0.1) is 11.8 Å². The maximum absolute atomic E-state index is 13.9. The molecule has 0 saturated carbocycles. The number of benzene rings is 1. The van der Waals surface area contributed by atoms with E-state index in [0.29, 0.717) is 23.7 Å². The first-order valence-corrected chi connectivity index (χ1v) is 25.7.